The molecule has 1 aliphatic heterocycles. The number of benzene rings is 1. The van der Waals surface area contributed by atoms with Crippen LogP contribution in [0.2, 0.25) is 0 Å². The Kier molecular flexibility index (Phi) is 5.02. The molecular weight excluding hydrogens is 314 g/mol. The first-order valence-electron chi connectivity index (χ1n) is 8.25. The highest BCUT2D eigenvalue weighted by Gasteiger charge is 2.33. The maximum Gasteiger partial charge on any atom is 0.254 e. The Bertz CT molecular complexity index is 638. The van der Waals surface area contributed by atoms with Crippen molar-refractivity contribution in [2.45, 2.75) is 50.4 Å². The van der Waals surface area contributed by atoms with Gasteiger partial charge in [-0.15, -0.1) is 0 Å². The quantitative estimate of drug-likeness (QED) is 0.892. The summed E-state index contributed by atoms with van der Waals surface area (Å²) in [4.78, 5) is 12.7. The molecule has 1 amide bonds. The number of rotatable bonds is 5. The molecule has 1 N–H and O–H groups in total. The minimum Gasteiger partial charge on any atom is -0.360 e. The van der Waals surface area contributed by atoms with Crippen molar-refractivity contribution in [3.8, 4) is 0 Å². The van der Waals surface area contributed by atoms with Crippen molar-refractivity contribution in [1.82, 2.24) is 5.32 Å². The Morgan fingerprint density at radius 1 is 1.13 bits per heavy atom. The highest BCUT2D eigenvalue weighted by atomic mass is 32.2. The van der Waals surface area contributed by atoms with Crippen molar-refractivity contribution in [1.29, 1.82) is 0 Å². The van der Waals surface area contributed by atoms with E-state index in [1.807, 2.05) is 30.3 Å². The molecule has 0 radical (unpaired) electrons. The molecule has 1 heterocycles. The minimum absolute atomic E-state index is 0.0314. The summed E-state index contributed by atoms with van der Waals surface area (Å²) in [6, 6.07) is 9.12. The normalized spacial score (nSPS) is 25.3. The average Bonchev–Trinajstić information content (AvgIpc) is 3.15. The van der Waals surface area contributed by atoms with Gasteiger partial charge in [0.15, 0.2) is 15.9 Å². The maximum absolute atomic E-state index is 12.7. The van der Waals surface area contributed by atoms with Gasteiger partial charge in [-0.25, -0.2) is 8.42 Å². The van der Waals surface area contributed by atoms with Crippen molar-refractivity contribution in [3.63, 3.8) is 0 Å². The maximum atomic E-state index is 12.7. The first kappa shape index (κ1) is 16.5. The second kappa shape index (κ2) is 7.01. The molecule has 0 unspecified atom stereocenters. The Morgan fingerprint density at radius 3 is 2.43 bits per heavy atom. The summed E-state index contributed by atoms with van der Waals surface area (Å²) >= 11 is 0. The third-order valence-corrected chi connectivity index (χ3v) is 6.32. The third kappa shape index (κ3) is 4.32. The van der Waals surface area contributed by atoms with Gasteiger partial charge < -0.3 is 10.1 Å². The summed E-state index contributed by atoms with van der Waals surface area (Å²) in [5.74, 6) is -0.0496. The molecule has 5 nitrogen and oxygen atoms in total. The van der Waals surface area contributed by atoms with Crippen LogP contribution in [0.5, 0.6) is 0 Å². The van der Waals surface area contributed by atoms with Crippen LogP contribution < -0.4 is 5.32 Å². The van der Waals surface area contributed by atoms with Gasteiger partial charge in [0.2, 0.25) is 0 Å². The molecule has 1 saturated heterocycles. The minimum atomic E-state index is -3.01. The molecule has 2 aliphatic rings. The number of carbonyl (C=O) groups is 1. The van der Waals surface area contributed by atoms with Crippen LogP contribution in [0.15, 0.2) is 30.3 Å². The standard InChI is InChI=1S/C17H23NO4S/c19-17(18-14-10-11-23(20,21)12-14)16(13-6-2-1-3-7-13)22-15-8-4-5-9-15/h1-3,6-7,14-16H,4-5,8-12H2,(H,18,19)/t14-,16-/m1/s1. The van der Waals surface area contributed by atoms with Gasteiger partial charge in [-0.05, 0) is 24.8 Å². The second-order valence-electron chi connectivity index (χ2n) is 6.44. The van der Waals surface area contributed by atoms with Crippen LogP contribution >= 0.6 is 0 Å². The number of ether oxygens (including phenoxy) is 1. The molecule has 6 heteroatoms. The fourth-order valence-electron chi connectivity index (χ4n) is 3.32. The van der Waals surface area contributed by atoms with Gasteiger partial charge in [0.05, 0.1) is 17.6 Å². The third-order valence-electron chi connectivity index (χ3n) is 4.55. The van der Waals surface area contributed by atoms with Crippen LogP contribution in [-0.4, -0.2) is 38.0 Å². The summed E-state index contributed by atoms with van der Waals surface area (Å²) in [7, 11) is -3.01. The lowest BCUT2D eigenvalue weighted by molar-refractivity contribution is -0.137. The van der Waals surface area contributed by atoms with Gasteiger partial charge >= 0.3 is 0 Å². The van der Waals surface area contributed by atoms with Crippen LogP contribution in [0.4, 0.5) is 0 Å². The molecular formula is C17H23NO4S. The number of nitrogens with one attached hydrogen (secondary N) is 1. The summed E-state index contributed by atoms with van der Waals surface area (Å²) in [5, 5.41) is 2.86. The molecule has 0 bridgehead atoms. The van der Waals surface area contributed by atoms with Crippen LogP contribution in [-0.2, 0) is 19.4 Å². The van der Waals surface area contributed by atoms with Gasteiger partial charge in [0, 0.05) is 6.04 Å². The zero-order valence-corrected chi connectivity index (χ0v) is 13.9. The number of hydrogen-bond donors (Lipinski definition) is 1. The Labute approximate surface area is 137 Å². The first-order chi connectivity index (χ1) is 11.0. The van der Waals surface area contributed by atoms with Crippen molar-refractivity contribution < 1.29 is 17.9 Å². The summed E-state index contributed by atoms with van der Waals surface area (Å²) < 4.78 is 29.2. The highest BCUT2D eigenvalue weighted by Crippen LogP contribution is 2.28. The van der Waals surface area contributed by atoms with E-state index in [1.165, 1.54) is 0 Å². The van der Waals surface area contributed by atoms with Gasteiger partial charge in [0.25, 0.3) is 5.91 Å². The molecule has 2 atom stereocenters. The monoisotopic (exact) mass is 337 g/mol. The molecule has 0 spiro atoms. The molecule has 126 valence electrons. The van der Waals surface area contributed by atoms with E-state index in [4.69, 9.17) is 4.74 Å². The molecule has 3 rings (SSSR count). The molecule has 1 saturated carbocycles. The van der Waals surface area contributed by atoms with Gasteiger partial charge in [-0.1, -0.05) is 43.2 Å². The van der Waals surface area contributed by atoms with Crippen molar-refractivity contribution in [3.05, 3.63) is 35.9 Å². The van der Waals surface area contributed by atoms with E-state index in [0.717, 1.165) is 31.2 Å². The first-order valence-corrected chi connectivity index (χ1v) is 10.1. The molecule has 1 aromatic carbocycles. The average molecular weight is 337 g/mol. The van der Waals surface area contributed by atoms with E-state index in [2.05, 4.69) is 5.32 Å². The van der Waals surface area contributed by atoms with Crippen LogP contribution in [0.25, 0.3) is 0 Å². The van der Waals surface area contributed by atoms with Crippen molar-refractivity contribution >= 4 is 15.7 Å². The number of sulfone groups is 1. The predicted octanol–water partition coefficient (Wildman–Crippen LogP) is 1.99. The van der Waals surface area contributed by atoms with Gasteiger partial charge in [0.1, 0.15) is 0 Å². The summed E-state index contributed by atoms with van der Waals surface area (Å²) in [6.07, 6.45) is 4.16. The number of amides is 1. The van der Waals surface area contributed by atoms with Gasteiger partial charge in [-0.3, -0.25) is 4.79 Å². The van der Waals surface area contributed by atoms with E-state index < -0.39 is 15.9 Å². The van der Waals surface area contributed by atoms with Crippen molar-refractivity contribution in [2.24, 2.45) is 0 Å². The smallest absolute Gasteiger partial charge is 0.254 e. The molecule has 0 aromatic heterocycles. The summed E-state index contributed by atoms with van der Waals surface area (Å²) in [6.45, 7) is 0. The van der Waals surface area contributed by atoms with Crippen LogP contribution in [0, 0.1) is 0 Å². The lowest BCUT2D eigenvalue weighted by atomic mass is 10.1. The fraction of sp³-hybridized carbons (Fsp3) is 0.588. The van der Waals surface area contributed by atoms with E-state index in [0.29, 0.717) is 6.42 Å². The lowest BCUT2D eigenvalue weighted by Crippen LogP contribution is -2.40. The lowest BCUT2D eigenvalue weighted by Gasteiger charge is -2.23. The SMILES string of the molecule is O=C(N[C@@H]1CCS(=O)(=O)C1)[C@H](OC1CCCC1)c1ccccc1. The van der Waals surface area contributed by atoms with E-state index >= 15 is 0 Å². The van der Waals surface area contributed by atoms with E-state index in [9.17, 15) is 13.2 Å². The number of carbonyl (C=O) groups excluding carboxylic acids is 1. The van der Waals surface area contributed by atoms with Crippen molar-refractivity contribution in [2.75, 3.05) is 11.5 Å². The Morgan fingerprint density at radius 2 is 1.83 bits per heavy atom. The van der Waals surface area contributed by atoms with Crippen LogP contribution in [0.3, 0.4) is 0 Å². The topological polar surface area (TPSA) is 72.5 Å². The van der Waals surface area contributed by atoms with Gasteiger partial charge in [-0.2, -0.15) is 0 Å². The van der Waals surface area contributed by atoms with E-state index in [1.54, 1.807) is 0 Å². The summed E-state index contributed by atoms with van der Waals surface area (Å²) in [5.41, 5.74) is 0.817. The predicted molar refractivity (Wildman–Crippen MR) is 87.7 cm³/mol. The second-order valence-corrected chi connectivity index (χ2v) is 8.67. The molecule has 23 heavy (non-hydrogen) atoms. The number of hydrogen-bond acceptors (Lipinski definition) is 4. The Balaban J connectivity index is 1.70. The molecule has 1 aliphatic carbocycles. The largest absolute Gasteiger partial charge is 0.360 e. The highest BCUT2D eigenvalue weighted by molar-refractivity contribution is 7.91. The van der Waals surface area contributed by atoms with Crippen LogP contribution in [0.1, 0.15) is 43.8 Å². The Hall–Kier alpha value is -1.40. The molecule has 1 aromatic rings. The zero-order valence-electron chi connectivity index (χ0n) is 13.1. The molecule has 2 fully saturated rings. The fourth-order valence-corrected chi connectivity index (χ4v) is 5.00. The zero-order chi connectivity index (χ0) is 16.3. The van der Waals surface area contributed by atoms with E-state index in [-0.39, 0.29) is 29.6 Å².